The lowest BCUT2D eigenvalue weighted by atomic mass is 10.1. The number of nitrogens with two attached hydrogens (primary N) is 1. The minimum absolute atomic E-state index is 0.195. The van der Waals surface area contributed by atoms with E-state index in [9.17, 15) is 4.39 Å². The van der Waals surface area contributed by atoms with E-state index in [1.165, 1.54) is 6.07 Å². The van der Waals surface area contributed by atoms with Crippen LogP contribution < -0.4 is 10.5 Å². The fourth-order valence-electron chi connectivity index (χ4n) is 2.25. The first kappa shape index (κ1) is 14.3. The Hall–Kier alpha value is -2.60. The fourth-order valence-corrected chi connectivity index (χ4v) is 2.25. The predicted molar refractivity (Wildman–Crippen MR) is 83.3 cm³/mol. The van der Waals surface area contributed by atoms with Gasteiger partial charge in [0.2, 0.25) is 0 Å². The SMILES string of the molecule is COCCOc1ccc(-c2n[nH]c3ccc(N)cc23)cc1F. The Morgan fingerprint density at radius 1 is 1.18 bits per heavy atom. The second kappa shape index (κ2) is 6.03. The molecule has 0 saturated carbocycles. The van der Waals surface area contributed by atoms with Crippen LogP contribution in [0.25, 0.3) is 22.2 Å². The number of hydrogen-bond donors (Lipinski definition) is 2. The molecular formula is C16H16FN3O2. The lowest BCUT2D eigenvalue weighted by Gasteiger charge is -2.07. The van der Waals surface area contributed by atoms with Crippen LogP contribution in [0.2, 0.25) is 0 Å². The molecule has 3 aromatic rings. The van der Waals surface area contributed by atoms with Crippen molar-refractivity contribution in [1.82, 2.24) is 10.2 Å². The highest BCUT2D eigenvalue weighted by atomic mass is 19.1. The Kier molecular flexibility index (Phi) is 3.93. The van der Waals surface area contributed by atoms with E-state index in [4.69, 9.17) is 15.2 Å². The van der Waals surface area contributed by atoms with Gasteiger partial charge in [-0.25, -0.2) is 4.39 Å². The zero-order valence-corrected chi connectivity index (χ0v) is 12.1. The van der Waals surface area contributed by atoms with Crippen LogP contribution in [-0.4, -0.2) is 30.5 Å². The van der Waals surface area contributed by atoms with E-state index in [0.717, 1.165) is 10.9 Å². The lowest BCUT2D eigenvalue weighted by Crippen LogP contribution is -2.05. The summed E-state index contributed by atoms with van der Waals surface area (Å²) in [7, 11) is 1.57. The Morgan fingerprint density at radius 2 is 2.05 bits per heavy atom. The zero-order valence-electron chi connectivity index (χ0n) is 12.1. The molecule has 0 amide bonds. The number of hydrogen-bond acceptors (Lipinski definition) is 4. The van der Waals surface area contributed by atoms with Crippen LogP contribution in [0, 0.1) is 5.82 Å². The van der Waals surface area contributed by atoms with Crippen molar-refractivity contribution in [2.24, 2.45) is 0 Å². The summed E-state index contributed by atoms with van der Waals surface area (Å²) >= 11 is 0. The summed E-state index contributed by atoms with van der Waals surface area (Å²) in [5.74, 6) is -0.242. The third-order valence-corrected chi connectivity index (χ3v) is 3.34. The number of rotatable bonds is 5. The highest BCUT2D eigenvalue weighted by molar-refractivity contribution is 5.94. The summed E-state index contributed by atoms with van der Waals surface area (Å²) in [5.41, 5.74) is 8.61. The number of ether oxygens (including phenoxy) is 2. The number of halogens is 1. The van der Waals surface area contributed by atoms with Crippen LogP contribution in [0.3, 0.4) is 0 Å². The van der Waals surface area contributed by atoms with Gasteiger partial charge in [0.25, 0.3) is 0 Å². The monoisotopic (exact) mass is 301 g/mol. The van der Waals surface area contributed by atoms with Crippen LogP contribution in [0.4, 0.5) is 10.1 Å². The first-order valence-corrected chi connectivity index (χ1v) is 6.84. The Bertz CT molecular complexity index is 801. The molecule has 1 heterocycles. The number of nitrogens with one attached hydrogen (secondary N) is 1. The molecule has 5 nitrogen and oxygen atoms in total. The first-order chi connectivity index (χ1) is 10.7. The van der Waals surface area contributed by atoms with Crippen molar-refractivity contribution in [2.45, 2.75) is 0 Å². The molecule has 3 N–H and O–H groups in total. The molecule has 0 saturated heterocycles. The predicted octanol–water partition coefficient (Wildman–Crippen LogP) is 2.98. The molecule has 3 rings (SSSR count). The van der Waals surface area contributed by atoms with Crippen molar-refractivity contribution in [3.05, 3.63) is 42.2 Å². The number of benzene rings is 2. The van der Waals surface area contributed by atoms with Crippen LogP contribution in [0.5, 0.6) is 5.75 Å². The molecule has 22 heavy (non-hydrogen) atoms. The number of nitrogens with zero attached hydrogens (tertiary/aromatic N) is 1. The molecule has 2 aromatic carbocycles. The Balaban J connectivity index is 1.94. The molecule has 1 aromatic heterocycles. The topological polar surface area (TPSA) is 73.2 Å². The zero-order chi connectivity index (χ0) is 15.5. The maximum atomic E-state index is 14.1. The summed E-state index contributed by atoms with van der Waals surface area (Å²) in [4.78, 5) is 0. The Morgan fingerprint density at radius 3 is 2.82 bits per heavy atom. The van der Waals surface area contributed by atoms with Crippen molar-refractivity contribution in [3.8, 4) is 17.0 Å². The highest BCUT2D eigenvalue weighted by Crippen LogP contribution is 2.30. The normalized spacial score (nSPS) is 11.0. The average molecular weight is 301 g/mol. The van der Waals surface area contributed by atoms with Gasteiger partial charge in [0, 0.05) is 23.7 Å². The number of H-pyrrole nitrogens is 1. The minimum atomic E-state index is -0.436. The molecule has 0 fully saturated rings. The summed E-state index contributed by atoms with van der Waals surface area (Å²) in [6.07, 6.45) is 0. The lowest BCUT2D eigenvalue weighted by molar-refractivity contribution is 0.144. The number of anilines is 1. The van der Waals surface area contributed by atoms with Gasteiger partial charge < -0.3 is 15.2 Å². The van der Waals surface area contributed by atoms with Crippen molar-refractivity contribution in [2.75, 3.05) is 26.1 Å². The van der Waals surface area contributed by atoms with E-state index in [1.807, 2.05) is 12.1 Å². The summed E-state index contributed by atoms with van der Waals surface area (Å²) < 4.78 is 24.3. The van der Waals surface area contributed by atoms with Gasteiger partial charge in [-0.3, -0.25) is 5.10 Å². The van der Waals surface area contributed by atoms with E-state index in [2.05, 4.69) is 10.2 Å². The fraction of sp³-hybridized carbons (Fsp3) is 0.188. The van der Waals surface area contributed by atoms with Crippen molar-refractivity contribution in [3.63, 3.8) is 0 Å². The molecule has 0 aliphatic heterocycles. The van der Waals surface area contributed by atoms with Crippen LogP contribution in [-0.2, 0) is 4.74 Å². The molecule has 0 aliphatic rings. The number of nitrogen functional groups attached to an aromatic ring is 1. The van der Waals surface area contributed by atoms with Crippen LogP contribution in [0.1, 0.15) is 0 Å². The molecule has 0 spiro atoms. The standard InChI is InChI=1S/C16H16FN3O2/c1-21-6-7-22-15-5-2-10(8-13(15)17)16-12-9-11(18)3-4-14(12)19-20-16/h2-5,8-9H,6-7,18H2,1H3,(H,19,20). The number of fused-ring (bicyclic) bond motifs is 1. The van der Waals surface area contributed by atoms with Gasteiger partial charge in [-0.2, -0.15) is 5.10 Å². The molecule has 6 heteroatoms. The van der Waals surface area contributed by atoms with Crippen molar-refractivity contribution in [1.29, 1.82) is 0 Å². The van der Waals surface area contributed by atoms with Crippen LogP contribution in [0.15, 0.2) is 36.4 Å². The van der Waals surface area contributed by atoms with E-state index in [-0.39, 0.29) is 5.75 Å². The summed E-state index contributed by atoms with van der Waals surface area (Å²) in [6.45, 7) is 0.707. The molecule has 0 aliphatic carbocycles. The van der Waals surface area contributed by atoms with Crippen molar-refractivity contribution < 1.29 is 13.9 Å². The van der Waals surface area contributed by atoms with Crippen molar-refractivity contribution >= 4 is 16.6 Å². The second-order valence-corrected chi connectivity index (χ2v) is 4.86. The molecule has 0 unspecified atom stereocenters. The van der Waals surface area contributed by atoms with E-state index in [1.54, 1.807) is 25.3 Å². The smallest absolute Gasteiger partial charge is 0.165 e. The third-order valence-electron chi connectivity index (χ3n) is 3.34. The van der Waals surface area contributed by atoms with E-state index >= 15 is 0 Å². The second-order valence-electron chi connectivity index (χ2n) is 4.86. The van der Waals surface area contributed by atoms with Gasteiger partial charge in [0.05, 0.1) is 12.1 Å². The van der Waals surface area contributed by atoms with Gasteiger partial charge in [-0.1, -0.05) is 0 Å². The highest BCUT2D eigenvalue weighted by Gasteiger charge is 2.12. The molecule has 114 valence electrons. The number of methoxy groups -OCH3 is 1. The minimum Gasteiger partial charge on any atom is -0.488 e. The largest absolute Gasteiger partial charge is 0.488 e. The first-order valence-electron chi connectivity index (χ1n) is 6.84. The van der Waals surface area contributed by atoms with Gasteiger partial charge in [-0.05, 0) is 36.4 Å². The van der Waals surface area contributed by atoms with Gasteiger partial charge in [-0.15, -0.1) is 0 Å². The quantitative estimate of drug-likeness (QED) is 0.561. The average Bonchev–Trinajstić information content (AvgIpc) is 2.92. The molecule has 0 atom stereocenters. The van der Waals surface area contributed by atoms with Gasteiger partial charge in [0.15, 0.2) is 11.6 Å². The van der Waals surface area contributed by atoms with Crippen LogP contribution >= 0.6 is 0 Å². The number of aromatic amines is 1. The maximum absolute atomic E-state index is 14.1. The van der Waals surface area contributed by atoms with Gasteiger partial charge >= 0.3 is 0 Å². The summed E-state index contributed by atoms with van der Waals surface area (Å²) in [6, 6.07) is 10.2. The Labute approximate surface area is 126 Å². The number of aromatic nitrogens is 2. The molecular weight excluding hydrogens is 285 g/mol. The molecule has 0 radical (unpaired) electrons. The molecule has 0 bridgehead atoms. The van der Waals surface area contributed by atoms with E-state index in [0.29, 0.717) is 30.2 Å². The van der Waals surface area contributed by atoms with Gasteiger partial charge in [0.1, 0.15) is 12.3 Å². The van der Waals surface area contributed by atoms with E-state index < -0.39 is 5.82 Å². The third kappa shape index (κ3) is 2.73. The summed E-state index contributed by atoms with van der Waals surface area (Å²) in [5, 5.41) is 8.01. The maximum Gasteiger partial charge on any atom is 0.165 e.